The van der Waals surface area contributed by atoms with Crippen molar-refractivity contribution in [2.45, 2.75) is 123 Å². The molecule has 0 aliphatic heterocycles. The molecule has 292 valence electrons. The van der Waals surface area contributed by atoms with E-state index in [0.717, 1.165) is 60.8 Å². The molecule has 0 aliphatic carbocycles. The number of hydrogen-bond donors (Lipinski definition) is 0. The van der Waals surface area contributed by atoms with E-state index in [4.69, 9.17) is 18.9 Å². The smallest absolute Gasteiger partial charge is 0.338 e. The molecule has 0 aromatic heterocycles. The van der Waals surface area contributed by atoms with Gasteiger partial charge in [-0.1, -0.05) is 101 Å². The quantitative estimate of drug-likeness (QED) is 0.0444. The van der Waals surface area contributed by atoms with Crippen molar-refractivity contribution in [3.63, 3.8) is 0 Å². The third-order valence-corrected chi connectivity index (χ3v) is 9.39. The van der Waals surface area contributed by atoms with Gasteiger partial charge in [-0.25, -0.2) is 9.59 Å². The Kier molecular flexibility index (Phi) is 17.7. The lowest BCUT2D eigenvalue weighted by atomic mass is 10.0. The van der Waals surface area contributed by atoms with Crippen LogP contribution in [0.25, 0.3) is 22.3 Å². The van der Waals surface area contributed by atoms with Crippen molar-refractivity contribution in [3.8, 4) is 33.8 Å². The monoisotopic (exact) mass is 748 g/mol. The lowest BCUT2D eigenvalue weighted by Gasteiger charge is -2.13. The van der Waals surface area contributed by atoms with Crippen LogP contribution in [-0.4, -0.2) is 36.1 Å². The highest BCUT2D eigenvalue weighted by Gasteiger charge is 2.15. The molecule has 0 saturated carbocycles. The van der Waals surface area contributed by atoms with Crippen molar-refractivity contribution in [1.82, 2.24) is 0 Å². The van der Waals surface area contributed by atoms with Gasteiger partial charge in [-0.05, 0) is 117 Å². The normalized spacial score (nSPS) is 12.0. The Morgan fingerprint density at radius 2 is 0.764 bits per heavy atom. The molecule has 55 heavy (non-hydrogen) atoms. The van der Waals surface area contributed by atoms with Crippen molar-refractivity contribution in [1.29, 1.82) is 0 Å². The number of unbranched alkanes of at least 4 members (excludes halogenated alkanes) is 6. The Morgan fingerprint density at radius 1 is 0.436 bits per heavy atom. The molecule has 0 N–H and O–H groups in total. The van der Waals surface area contributed by atoms with E-state index in [1.807, 2.05) is 62.4 Å². The molecule has 8 heteroatoms. The summed E-state index contributed by atoms with van der Waals surface area (Å²) >= 11 is 0. The third-order valence-electron chi connectivity index (χ3n) is 9.39. The van der Waals surface area contributed by atoms with Crippen molar-refractivity contribution < 1.29 is 38.1 Å². The predicted molar refractivity (Wildman–Crippen MR) is 216 cm³/mol. The van der Waals surface area contributed by atoms with E-state index in [1.165, 1.54) is 25.7 Å². The third kappa shape index (κ3) is 14.8. The Hall–Kier alpha value is -5.24. The number of hydrogen-bond acceptors (Lipinski definition) is 8. The van der Waals surface area contributed by atoms with E-state index in [-0.39, 0.29) is 43.4 Å². The van der Waals surface area contributed by atoms with Gasteiger partial charge < -0.3 is 18.9 Å². The second kappa shape index (κ2) is 22.9. The first kappa shape index (κ1) is 42.5. The maximum Gasteiger partial charge on any atom is 0.338 e. The molecule has 0 heterocycles. The van der Waals surface area contributed by atoms with Gasteiger partial charge in [-0.3, -0.25) is 9.59 Å². The van der Waals surface area contributed by atoms with Crippen LogP contribution in [0.1, 0.15) is 132 Å². The van der Waals surface area contributed by atoms with Gasteiger partial charge in [-0.2, -0.15) is 0 Å². The number of ether oxygens (including phenoxy) is 4. The molecular weight excluding hydrogens is 693 g/mol. The zero-order chi connectivity index (χ0) is 39.4. The Labute approximate surface area is 326 Å². The number of benzene rings is 4. The summed E-state index contributed by atoms with van der Waals surface area (Å²) in [6.45, 7) is 8.22. The Bertz CT molecular complexity index is 1640. The summed E-state index contributed by atoms with van der Waals surface area (Å²) in [5.74, 6) is -0.717. The minimum Gasteiger partial charge on any atom is -0.459 e. The Morgan fingerprint density at radius 3 is 1.09 bits per heavy atom. The molecule has 0 amide bonds. The van der Waals surface area contributed by atoms with E-state index in [0.29, 0.717) is 22.6 Å². The van der Waals surface area contributed by atoms with Crippen LogP contribution >= 0.6 is 0 Å². The average molecular weight is 749 g/mol. The average Bonchev–Trinajstić information content (AvgIpc) is 3.19. The fraction of sp³-hybridized carbons (Fsp3) is 0.404. The molecule has 2 atom stereocenters. The molecule has 4 rings (SSSR count). The second-order valence-corrected chi connectivity index (χ2v) is 14.1. The lowest BCUT2D eigenvalue weighted by Crippen LogP contribution is -2.15. The van der Waals surface area contributed by atoms with Crippen LogP contribution in [0, 0.1) is 0 Å². The molecule has 8 nitrogen and oxygen atoms in total. The van der Waals surface area contributed by atoms with Crippen LogP contribution in [0.3, 0.4) is 0 Å². The SMILES string of the molecule is CCCCCC[C@H](C)OC(=O)c1ccc(-c2ccc(OC(=O)CCCC(=O)Oc3ccc(-c4ccc(C(=O)O[C@@H](C)CCCCCC)cc4)cc3)cc2)cc1. The first-order valence-electron chi connectivity index (χ1n) is 19.9. The molecule has 0 saturated heterocycles. The van der Waals surface area contributed by atoms with E-state index < -0.39 is 11.9 Å². The first-order valence-corrected chi connectivity index (χ1v) is 19.9. The second-order valence-electron chi connectivity index (χ2n) is 14.1. The van der Waals surface area contributed by atoms with Crippen LogP contribution in [0.2, 0.25) is 0 Å². The van der Waals surface area contributed by atoms with Crippen LogP contribution in [0.4, 0.5) is 0 Å². The largest absolute Gasteiger partial charge is 0.459 e. The standard InChI is InChI=1S/C47H56O8/c1-5-7-9-11-14-34(3)52-46(50)40-22-18-36(19-23-40)38-26-30-42(31-27-38)54-44(48)16-13-17-45(49)55-43-32-28-39(29-33-43)37-20-24-41(25-21-37)47(51)53-35(4)15-12-10-8-6-2/h18-35H,5-17H2,1-4H3/t34-,35-/m0/s1. The molecule has 0 fully saturated rings. The minimum absolute atomic E-state index is 0.0616. The minimum atomic E-state index is -0.441. The predicted octanol–water partition coefficient (Wildman–Crippen LogP) is 11.7. The zero-order valence-electron chi connectivity index (χ0n) is 32.9. The highest BCUT2D eigenvalue weighted by Crippen LogP contribution is 2.26. The van der Waals surface area contributed by atoms with Crippen molar-refractivity contribution >= 4 is 23.9 Å². The van der Waals surface area contributed by atoms with Gasteiger partial charge >= 0.3 is 23.9 Å². The Balaban J connectivity index is 1.15. The molecule has 0 aliphatic rings. The molecular formula is C47H56O8. The molecule has 4 aromatic carbocycles. The summed E-state index contributed by atoms with van der Waals surface area (Å²) in [6.07, 6.45) is 11.1. The highest BCUT2D eigenvalue weighted by molar-refractivity contribution is 5.91. The van der Waals surface area contributed by atoms with Gasteiger partial charge in [0.05, 0.1) is 23.3 Å². The fourth-order valence-corrected chi connectivity index (χ4v) is 6.11. The fourth-order valence-electron chi connectivity index (χ4n) is 6.11. The number of carbonyl (C=O) groups is 4. The summed E-state index contributed by atoms with van der Waals surface area (Å²) in [7, 11) is 0. The van der Waals surface area contributed by atoms with Crippen molar-refractivity contribution in [3.05, 3.63) is 108 Å². The van der Waals surface area contributed by atoms with Crippen LogP contribution in [-0.2, 0) is 19.1 Å². The first-order chi connectivity index (χ1) is 26.6. The molecule has 0 unspecified atom stereocenters. The summed E-state index contributed by atoms with van der Waals surface area (Å²) in [5, 5.41) is 0. The maximum absolute atomic E-state index is 12.6. The van der Waals surface area contributed by atoms with Gasteiger partial charge in [0.2, 0.25) is 0 Å². The van der Waals surface area contributed by atoms with Gasteiger partial charge in [0.25, 0.3) is 0 Å². The lowest BCUT2D eigenvalue weighted by molar-refractivity contribution is -0.136. The number of rotatable bonds is 22. The van der Waals surface area contributed by atoms with Crippen LogP contribution in [0.5, 0.6) is 11.5 Å². The molecule has 0 bridgehead atoms. The maximum atomic E-state index is 12.6. The molecule has 0 radical (unpaired) electrons. The van der Waals surface area contributed by atoms with E-state index >= 15 is 0 Å². The van der Waals surface area contributed by atoms with Crippen LogP contribution in [0.15, 0.2) is 97.1 Å². The van der Waals surface area contributed by atoms with Crippen molar-refractivity contribution in [2.75, 3.05) is 0 Å². The van der Waals surface area contributed by atoms with E-state index in [2.05, 4.69) is 13.8 Å². The van der Waals surface area contributed by atoms with Gasteiger partial charge in [0, 0.05) is 12.8 Å². The van der Waals surface area contributed by atoms with Gasteiger partial charge in [0.1, 0.15) is 11.5 Å². The summed E-state index contributed by atoms with van der Waals surface area (Å²) < 4.78 is 22.1. The van der Waals surface area contributed by atoms with Crippen molar-refractivity contribution in [2.24, 2.45) is 0 Å². The summed E-state index contributed by atoms with van der Waals surface area (Å²) in [4.78, 5) is 50.0. The van der Waals surface area contributed by atoms with Gasteiger partial charge in [-0.15, -0.1) is 0 Å². The number of carbonyl (C=O) groups excluding carboxylic acids is 4. The molecule has 4 aromatic rings. The van der Waals surface area contributed by atoms with E-state index in [9.17, 15) is 19.2 Å². The number of esters is 4. The topological polar surface area (TPSA) is 105 Å². The molecule has 0 spiro atoms. The summed E-state index contributed by atoms with van der Waals surface area (Å²) in [6, 6.07) is 28.8. The summed E-state index contributed by atoms with van der Waals surface area (Å²) in [5.41, 5.74) is 4.67. The van der Waals surface area contributed by atoms with E-state index in [1.54, 1.807) is 48.5 Å². The van der Waals surface area contributed by atoms with Crippen LogP contribution < -0.4 is 9.47 Å². The zero-order valence-corrected chi connectivity index (χ0v) is 32.9. The highest BCUT2D eigenvalue weighted by atomic mass is 16.6. The van der Waals surface area contributed by atoms with Gasteiger partial charge in [0.15, 0.2) is 0 Å².